The molecular weight excluding hydrogens is 354 g/mol. The summed E-state index contributed by atoms with van der Waals surface area (Å²) in [6.07, 6.45) is 1.41. The summed E-state index contributed by atoms with van der Waals surface area (Å²) in [5.41, 5.74) is 0.415. The molecule has 10 heteroatoms. The minimum atomic E-state index is -0.0959. The highest BCUT2D eigenvalue weighted by molar-refractivity contribution is 7.13. The molecule has 2 saturated heterocycles. The molecule has 2 aromatic rings. The topological polar surface area (TPSA) is 98.3 Å². The van der Waals surface area contributed by atoms with E-state index in [0.29, 0.717) is 48.6 Å². The van der Waals surface area contributed by atoms with Crippen LogP contribution in [0.2, 0.25) is 0 Å². The van der Waals surface area contributed by atoms with Gasteiger partial charge in [0.05, 0.1) is 6.04 Å². The first kappa shape index (κ1) is 17.0. The van der Waals surface area contributed by atoms with Crippen LogP contribution < -0.4 is 0 Å². The molecule has 0 aliphatic carbocycles. The van der Waals surface area contributed by atoms with Crippen molar-refractivity contribution >= 4 is 23.3 Å². The average Bonchev–Trinajstić information content (AvgIpc) is 3.34. The molecule has 3 amide bonds. The van der Waals surface area contributed by atoms with Crippen molar-refractivity contribution in [2.24, 2.45) is 5.92 Å². The number of carbonyl (C=O) groups is 2. The van der Waals surface area contributed by atoms with Gasteiger partial charge in [0.1, 0.15) is 12.0 Å². The quantitative estimate of drug-likeness (QED) is 0.864. The fraction of sp³-hybridized carbons (Fsp3) is 0.562. The monoisotopic (exact) mass is 375 g/mol. The highest BCUT2D eigenvalue weighted by Gasteiger charge is 2.41. The molecule has 1 unspecified atom stereocenters. The Morgan fingerprint density at radius 1 is 1.38 bits per heavy atom. The highest BCUT2D eigenvalue weighted by atomic mass is 32.1. The molecule has 2 aromatic heterocycles. The lowest BCUT2D eigenvalue weighted by molar-refractivity contribution is 0.0612. The van der Waals surface area contributed by atoms with Gasteiger partial charge in [0, 0.05) is 38.1 Å². The van der Waals surface area contributed by atoms with E-state index in [2.05, 4.69) is 34.0 Å². The first-order chi connectivity index (χ1) is 12.5. The van der Waals surface area contributed by atoms with Gasteiger partial charge in [-0.2, -0.15) is 5.10 Å². The molecule has 1 atom stereocenters. The number of hydrogen-bond donors (Lipinski definition) is 1. The first-order valence-corrected chi connectivity index (χ1v) is 9.57. The number of carbonyl (C=O) groups excluding carboxylic acids is 2. The third-order valence-electron chi connectivity index (χ3n) is 4.64. The molecule has 9 nitrogen and oxygen atoms in total. The third kappa shape index (κ3) is 3.05. The zero-order valence-corrected chi connectivity index (χ0v) is 15.6. The zero-order valence-electron chi connectivity index (χ0n) is 14.8. The number of thiazole rings is 1. The molecule has 0 radical (unpaired) electrons. The van der Waals surface area contributed by atoms with Gasteiger partial charge >= 0.3 is 6.03 Å². The number of amides is 3. The number of piperazine rings is 1. The van der Waals surface area contributed by atoms with Crippen LogP contribution >= 0.6 is 11.3 Å². The van der Waals surface area contributed by atoms with E-state index in [9.17, 15) is 9.59 Å². The molecule has 2 aliphatic heterocycles. The summed E-state index contributed by atoms with van der Waals surface area (Å²) in [6, 6.07) is 0.156. The Labute approximate surface area is 155 Å². The van der Waals surface area contributed by atoms with E-state index < -0.39 is 0 Å². The molecule has 4 rings (SSSR count). The number of aromatic amines is 1. The summed E-state index contributed by atoms with van der Waals surface area (Å²) in [5.74, 6) is 0.897. The molecule has 26 heavy (non-hydrogen) atoms. The lowest BCUT2D eigenvalue weighted by Crippen LogP contribution is -2.53. The van der Waals surface area contributed by atoms with E-state index in [1.807, 2.05) is 9.80 Å². The Bertz CT molecular complexity index is 803. The van der Waals surface area contributed by atoms with Crippen molar-refractivity contribution in [2.45, 2.75) is 19.9 Å². The molecule has 0 saturated carbocycles. The van der Waals surface area contributed by atoms with Gasteiger partial charge in [-0.15, -0.1) is 11.3 Å². The highest BCUT2D eigenvalue weighted by Crippen LogP contribution is 2.24. The predicted octanol–water partition coefficient (Wildman–Crippen LogP) is 1.15. The zero-order chi connectivity index (χ0) is 18.3. The van der Waals surface area contributed by atoms with Crippen LogP contribution in [0.25, 0.3) is 10.8 Å². The smallest absolute Gasteiger partial charge is 0.320 e. The number of fused-ring (bicyclic) bond motifs is 1. The standard InChI is InChI=1S/C16H21N7O2S/c1-10(2)5-22-7-11-6-21(3-4-23(11)16(22)25)15(24)12-8-26-14(19-12)13-17-9-18-20-13/h8-11H,3-7H2,1-2H3,(H,17,18,20). The van der Waals surface area contributed by atoms with E-state index in [1.165, 1.54) is 17.7 Å². The van der Waals surface area contributed by atoms with E-state index in [4.69, 9.17) is 0 Å². The SMILES string of the molecule is CC(C)CN1CC2CN(C(=O)c3csc(-c4ncn[nH]4)n3)CCN2C1=O. The normalized spacial score (nSPS) is 20.2. The fourth-order valence-electron chi connectivity index (χ4n) is 3.51. The van der Waals surface area contributed by atoms with Crippen LogP contribution in [0.1, 0.15) is 24.3 Å². The third-order valence-corrected chi connectivity index (χ3v) is 5.49. The maximum absolute atomic E-state index is 12.8. The molecule has 2 fully saturated rings. The van der Waals surface area contributed by atoms with Crippen LogP contribution in [-0.2, 0) is 0 Å². The molecule has 138 valence electrons. The van der Waals surface area contributed by atoms with Crippen molar-refractivity contribution in [3.8, 4) is 10.8 Å². The van der Waals surface area contributed by atoms with Gasteiger partial charge in [-0.3, -0.25) is 9.89 Å². The van der Waals surface area contributed by atoms with Gasteiger partial charge in [-0.25, -0.2) is 14.8 Å². The summed E-state index contributed by atoms with van der Waals surface area (Å²) >= 11 is 1.36. The largest absolute Gasteiger partial charge is 0.333 e. The fourth-order valence-corrected chi connectivity index (χ4v) is 4.24. The van der Waals surface area contributed by atoms with Gasteiger partial charge in [-0.1, -0.05) is 13.8 Å². The number of rotatable bonds is 4. The van der Waals surface area contributed by atoms with Crippen molar-refractivity contribution in [3.05, 3.63) is 17.4 Å². The van der Waals surface area contributed by atoms with Crippen LogP contribution in [0, 0.1) is 5.92 Å². The van der Waals surface area contributed by atoms with Crippen LogP contribution in [0.5, 0.6) is 0 Å². The van der Waals surface area contributed by atoms with Gasteiger partial charge in [0.25, 0.3) is 5.91 Å². The summed E-state index contributed by atoms with van der Waals surface area (Å²) < 4.78 is 0. The Hall–Kier alpha value is -2.49. The second-order valence-corrected chi connectivity index (χ2v) is 7.91. The number of aromatic nitrogens is 4. The van der Waals surface area contributed by atoms with Crippen molar-refractivity contribution in [1.29, 1.82) is 0 Å². The lowest BCUT2D eigenvalue weighted by Gasteiger charge is -2.36. The van der Waals surface area contributed by atoms with E-state index >= 15 is 0 Å². The minimum Gasteiger partial charge on any atom is -0.333 e. The molecular formula is C16H21N7O2S. The van der Waals surface area contributed by atoms with Gasteiger partial charge in [0.2, 0.25) is 0 Å². The molecule has 4 heterocycles. The number of hydrogen-bond acceptors (Lipinski definition) is 6. The summed E-state index contributed by atoms with van der Waals surface area (Å²) in [7, 11) is 0. The molecule has 0 spiro atoms. The van der Waals surface area contributed by atoms with Crippen molar-refractivity contribution in [2.75, 3.05) is 32.7 Å². The maximum atomic E-state index is 12.8. The Morgan fingerprint density at radius 2 is 2.23 bits per heavy atom. The van der Waals surface area contributed by atoms with Gasteiger partial charge in [-0.05, 0) is 5.92 Å². The Balaban J connectivity index is 1.44. The summed E-state index contributed by atoms with van der Waals surface area (Å²) in [4.78, 5) is 39.3. The maximum Gasteiger partial charge on any atom is 0.320 e. The van der Waals surface area contributed by atoms with Gasteiger partial charge in [0.15, 0.2) is 10.8 Å². The predicted molar refractivity (Wildman–Crippen MR) is 95.7 cm³/mol. The Morgan fingerprint density at radius 3 is 2.96 bits per heavy atom. The van der Waals surface area contributed by atoms with Gasteiger partial charge < -0.3 is 14.7 Å². The van der Waals surface area contributed by atoms with Crippen LogP contribution in [-0.4, -0.2) is 85.6 Å². The minimum absolute atomic E-state index is 0.0614. The second kappa shape index (κ2) is 6.67. The summed E-state index contributed by atoms with van der Waals surface area (Å²) in [5, 5.41) is 8.95. The number of nitrogens with zero attached hydrogens (tertiary/aromatic N) is 6. The van der Waals surface area contributed by atoms with Crippen molar-refractivity contribution in [3.63, 3.8) is 0 Å². The number of H-pyrrole nitrogens is 1. The van der Waals surface area contributed by atoms with E-state index in [1.54, 1.807) is 10.3 Å². The second-order valence-electron chi connectivity index (χ2n) is 7.05. The lowest BCUT2D eigenvalue weighted by atomic mass is 10.1. The number of nitrogens with one attached hydrogen (secondary N) is 1. The molecule has 1 N–H and O–H groups in total. The first-order valence-electron chi connectivity index (χ1n) is 8.69. The molecule has 2 aliphatic rings. The van der Waals surface area contributed by atoms with Crippen molar-refractivity contribution < 1.29 is 9.59 Å². The van der Waals surface area contributed by atoms with Crippen LogP contribution in [0.15, 0.2) is 11.7 Å². The number of urea groups is 1. The van der Waals surface area contributed by atoms with Crippen LogP contribution in [0.3, 0.4) is 0 Å². The van der Waals surface area contributed by atoms with Crippen LogP contribution in [0.4, 0.5) is 4.79 Å². The van der Waals surface area contributed by atoms with E-state index in [0.717, 1.165) is 6.54 Å². The van der Waals surface area contributed by atoms with E-state index in [-0.39, 0.29) is 18.0 Å². The van der Waals surface area contributed by atoms with Crippen molar-refractivity contribution in [1.82, 2.24) is 34.9 Å². The molecule has 0 bridgehead atoms. The summed E-state index contributed by atoms with van der Waals surface area (Å²) in [6.45, 7) is 7.31. The molecule has 0 aromatic carbocycles. The average molecular weight is 375 g/mol. The Kier molecular flexibility index (Phi) is 4.35.